The molecule has 2 aromatic carbocycles. The van der Waals surface area contributed by atoms with E-state index in [0.717, 1.165) is 76.9 Å². The van der Waals surface area contributed by atoms with Crippen LogP contribution >= 0.6 is 0 Å². The lowest BCUT2D eigenvalue weighted by molar-refractivity contribution is -0.137. The van der Waals surface area contributed by atoms with Gasteiger partial charge in [-0.15, -0.1) is 0 Å². The molecule has 7 rings (SSSR count). The molecular formula is C41H55FN8O4. The summed E-state index contributed by atoms with van der Waals surface area (Å²) >= 11 is 0. The molecule has 3 amide bonds. The Hall–Kier alpha value is -4.20. The van der Waals surface area contributed by atoms with Gasteiger partial charge in [-0.3, -0.25) is 29.0 Å². The van der Waals surface area contributed by atoms with Crippen LogP contribution in [0, 0.1) is 17.7 Å². The number of nitrogens with zero attached hydrogens (tertiary/aromatic N) is 6. The summed E-state index contributed by atoms with van der Waals surface area (Å²) in [6.45, 7) is 8.15. The minimum Gasteiger partial charge on any atom is -0.339 e. The Morgan fingerprint density at radius 3 is 2.19 bits per heavy atom. The molecule has 1 aromatic heterocycles. The lowest BCUT2D eigenvalue weighted by atomic mass is 9.83. The van der Waals surface area contributed by atoms with Crippen molar-refractivity contribution in [2.75, 3.05) is 85.6 Å². The molecule has 290 valence electrons. The van der Waals surface area contributed by atoms with Crippen LogP contribution in [0.5, 0.6) is 0 Å². The van der Waals surface area contributed by atoms with Crippen molar-refractivity contribution in [1.29, 1.82) is 0 Å². The molecule has 3 saturated heterocycles. The molecule has 2 N–H and O–H groups in total. The van der Waals surface area contributed by atoms with Crippen LogP contribution in [0.2, 0.25) is 0 Å². The number of fused-ring (bicyclic) bond motifs is 1. The Morgan fingerprint density at radius 1 is 0.815 bits per heavy atom. The SMILES string of the molecule is CNC(C(=O)N1CCN(CC2CCN(CC(=O)N3CCN(C(=O)c4cc(Cc5n[nH]c(=O)c6ccccc56)ccc4F)CC3)CC2)CC1)C1CCCCC1. The molecule has 13 heteroatoms. The number of aromatic nitrogens is 2. The van der Waals surface area contributed by atoms with Gasteiger partial charge in [0.1, 0.15) is 5.82 Å². The number of amides is 3. The monoisotopic (exact) mass is 742 g/mol. The molecule has 1 saturated carbocycles. The summed E-state index contributed by atoms with van der Waals surface area (Å²) in [5, 5.41) is 11.3. The van der Waals surface area contributed by atoms with Crippen LogP contribution < -0.4 is 10.9 Å². The Morgan fingerprint density at radius 2 is 1.48 bits per heavy atom. The Balaban J connectivity index is 0.829. The van der Waals surface area contributed by atoms with E-state index in [0.29, 0.717) is 67.6 Å². The molecule has 0 spiro atoms. The van der Waals surface area contributed by atoms with Crippen molar-refractivity contribution in [3.8, 4) is 0 Å². The number of hydrogen-bond acceptors (Lipinski definition) is 8. The van der Waals surface area contributed by atoms with E-state index in [1.54, 1.807) is 29.2 Å². The summed E-state index contributed by atoms with van der Waals surface area (Å²) in [6.07, 6.45) is 8.49. The van der Waals surface area contributed by atoms with Crippen LogP contribution in [0.25, 0.3) is 10.8 Å². The number of piperazine rings is 2. The standard InChI is InChI=1S/C41H55FN8O4/c1-43-38(31-7-3-2-4-8-31)41(54)50-19-17-47(18-20-50)27-29-13-15-46(16-14-29)28-37(51)48-21-23-49(24-22-48)40(53)34-25-30(11-12-35(34)42)26-36-32-9-5-6-10-33(32)39(52)45-44-36/h5-6,9-12,25,29,31,38,43H,2-4,7-8,13-24,26-28H2,1H3,(H,45,52). The number of carbonyl (C=O) groups excluding carboxylic acids is 3. The van der Waals surface area contributed by atoms with Crippen molar-refractivity contribution in [2.24, 2.45) is 11.8 Å². The summed E-state index contributed by atoms with van der Waals surface area (Å²) in [6, 6.07) is 11.7. The number of piperidine rings is 1. The van der Waals surface area contributed by atoms with Gasteiger partial charge in [0.2, 0.25) is 11.8 Å². The quantitative estimate of drug-likeness (QED) is 0.325. The van der Waals surface area contributed by atoms with Gasteiger partial charge in [-0.1, -0.05) is 43.5 Å². The first-order chi connectivity index (χ1) is 26.3. The number of benzene rings is 2. The lowest BCUT2D eigenvalue weighted by Crippen LogP contribution is -2.56. The first-order valence-electron chi connectivity index (χ1n) is 20.0. The molecular weight excluding hydrogens is 688 g/mol. The largest absolute Gasteiger partial charge is 0.339 e. The van der Waals surface area contributed by atoms with Crippen LogP contribution in [-0.2, 0) is 16.0 Å². The Labute approximate surface area is 317 Å². The first kappa shape index (κ1) is 38.1. The fourth-order valence-electron chi connectivity index (χ4n) is 9.03. The summed E-state index contributed by atoms with van der Waals surface area (Å²) < 4.78 is 15.0. The van der Waals surface area contributed by atoms with E-state index < -0.39 is 11.7 Å². The second-order valence-electron chi connectivity index (χ2n) is 15.7. The molecule has 3 aliphatic heterocycles. The van der Waals surface area contributed by atoms with E-state index in [2.05, 4.69) is 30.2 Å². The zero-order valence-electron chi connectivity index (χ0n) is 31.6. The molecule has 0 bridgehead atoms. The van der Waals surface area contributed by atoms with Crippen molar-refractivity contribution in [2.45, 2.75) is 57.4 Å². The minimum absolute atomic E-state index is 0.00339. The van der Waals surface area contributed by atoms with Crippen molar-refractivity contribution >= 4 is 28.5 Å². The van der Waals surface area contributed by atoms with Crippen molar-refractivity contribution in [3.05, 3.63) is 75.5 Å². The molecule has 4 aliphatic rings. The van der Waals surface area contributed by atoms with Gasteiger partial charge in [-0.2, -0.15) is 5.10 Å². The van der Waals surface area contributed by atoms with E-state index in [1.807, 2.05) is 24.1 Å². The highest BCUT2D eigenvalue weighted by Gasteiger charge is 2.34. The molecule has 1 unspecified atom stereocenters. The second-order valence-corrected chi connectivity index (χ2v) is 15.7. The maximum Gasteiger partial charge on any atom is 0.272 e. The molecule has 3 aromatic rings. The number of nitrogens with one attached hydrogen (secondary N) is 2. The molecule has 1 aliphatic carbocycles. The zero-order valence-corrected chi connectivity index (χ0v) is 31.6. The highest BCUT2D eigenvalue weighted by molar-refractivity contribution is 5.95. The highest BCUT2D eigenvalue weighted by atomic mass is 19.1. The van der Waals surface area contributed by atoms with Crippen molar-refractivity contribution < 1.29 is 18.8 Å². The van der Waals surface area contributed by atoms with Gasteiger partial charge in [-0.05, 0) is 81.4 Å². The smallest absolute Gasteiger partial charge is 0.272 e. The molecule has 12 nitrogen and oxygen atoms in total. The van der Waals surface area contributed by atoms with Gasteiger partial charge in [0.05, 0.1) is 29.2 Å². The fourth-order valence-corrected chi connectivity index (χ4v) is 9.03. The molecule has 4 fully saturated rings. The highest BCUT2D eigenvalue weighted by Crippen LogP contribution is 2.28. The number of likely N-dealkylation sites (N-methyl/N-ethyl adjacent to an activating group) is 1. The number of H-pyrrole nitrogens is 1. The van der Waals surface area contributed by atoms with Crippen molar-refractivity contribution in [3.63, 3.8) is 0 Å². The summed E-state index contributed by atoms with van der Waals surface area (Å²) in [4.78, 5) is 62.6. The molecule has 1 atom stereocenters. The third-order valence-corrected chi connectivity index (χ3v) is 12.3. The number of halogens is 1. The lowest BCUT2D eigenvalue weighted by Gasteiger charge is -2.41. The predicted molar refractivity (Wildman–Crippen MR) is 206 cm³/mol. The van der Waals surface area contributed by atoms with Crippen LogP contribution in [0.4, 0.5) is 4.39 Å². The van der Waals surface area contributed by atoms with E-state index >= 15 is 0 Å². The van der Waals surface area contributed by atoms with Gasteiger partial charge >= 0.3 is 0 Å². The first-order valence-corrected chi connectivity index (χ1v) is 20.0. The van der Waals surface area contributed by atoms with Gasteiger partial charge in [-0.25, -0.2) is 9.49 Å². The number of hydrogen-bond donors (Lipinski definition) is 2. The van der Waals surface area contributed by atoms with E-state index in [9.17, 15) is 23.6 Å². The topological polar surface area (TPSA) is 125 Å². The third kappa shape index (κ3) is 8.84. The van der Waals surface area contributed by atoms with Gasteiger partial charge in [0, 0.05) is 70.7 Å². The van der Waals surface area contributed by atoms with Gasteiger partial charge in [0.15, 0.2) is 0 Å². The van der Waals surface area contributed by atoms with Crippen LogP contribution in [0.15, 0.2) is 47.3 Å². The van der Waals surface area contributed by atoms with E-state index in [1.165, 1.54) is 25.3 Å². The number of likely N-dealkylation sites (tertiary alicyclic amines) is 1. The van der Waals surface area contributed by atoms with Crippen molar-refractivity contribution in [1.82, 2.24) is 40.0 Å². The maximum atomic E-state index is 15.0. The van der Waals surface area contributed by atoms with E-state index in [-0.39, 0.29) is 29.0 Å². The average molecular weight is 743 g/mol. The second kappa shape index (κ2) is 17.5. The Bertz CT molecular complexity index is 1840. The maximum absolute atomic E-state index is 15.0. The number of carbonyl (C=O) groups is 3. The molecule has 0 radical (unpaired) electrons. The normalized spacial score (nSPS) is 20.4. The number of rotatable bonds is 10. The fraction of sp³-hybridized carbons (Fsp3) is 0.585. The van der Waals surface area contributed by atoms with Gasteiger partial charge in [0.25, 0.3) is 11.5 Å². The van der Waals surface area contributed by atoms with Crippen LogP contribution in [0.1, 0.15) is 66.6 Å². The number of aromatic amines is 1. The predicted octanol–water partition coefficient (Wildman–Crippen LogP) is 2.96. The molecule has 54 heavy (non-hydrogen) atoms. The van der Waals surface area contributed by atoms with Crippen LogP contribution in [-0.4, -0.2) is 144 Å². The van der Waals surface area contributed by atoms with Gasteiger partial charge < -0.3 is 20.0 Å². The summed E-state index contributed by atoms with van der Waals surface area (Å²) in [5.74, 6) is 0.422. The minimum atomic E-state index is -0.588. The summed E-state index contributed by atoms with van der Waals surface area (Å²) in [5.41, 5.74) is 1.08. The summed E-state index contributed by atoms with van der Waals surface area (Å²) in [7, 11) is 1.93. The average Bonchev–Trinajstić information content (AvgIpc) is 3.21. The zero-order chi connectivity index (χ0) is 37.6. The molecule has 4 heterocycles. The van der Waals surface area contributed by atoms with E-state index in [4.69, 9.17) is 0 Å². The van der Waals surface area contributed by atoms with Crippen LogP contribution in [0.3, 0.4) is 0 Å². The Kier molecular flexibility index (Phi) is 12.4. The third-order valence-electron chi connectivity index (χ3n) is 12.3.